The van der Waals surface area contributed by atoms with Gasteiger partial charge in [0.05, 0.1) is 14.2 Å². The molecule has 0 radical (unpaired) electrons. The van der Waals surface area contributed by atoms with Crippen molar-refractivity contribution in [2.45, 2.75) is 0 Å². The van der Waals surface area contributed by atoms with E-state index in [1.165, 1.54) is 19.6 Å². The minimum Gasteiger partial charge on any atom is -0.466 e. The second-order valence-corrected chi connectivity index (χ2v) is 4.03. The summed E-state index contributed by atoms with van der Waals surface area (Å²) < 4.78 is 8.17. The fourth-order valence-corrected chi connectivity index (χ4v) is 1.49. The quantitative estimate of drug-likeness (QED) is 0.350. The predicted molar refractivity (Wildman–Crippen MR) is 94.9 cm³/mol. The summed E-state index contributed by atoms with van der Waals surface area (Å²) in [5.74, 6) is 3.40. The highest BCUT2D eigenvalue weighted by Crippen LogP contribution is 2.16. The van der Waals surface area contributed by atoms with Gasteiger partial charge in [-0.1, -0.05) is 48.9 Å². The highest BCUT2D eigenvalue weighted by atomic mass is 16.5. The van der Waals surface area contributed by atoms with Gasteiger partial charge in [-0.25, -0.2) is 9.59 Å². The lowest BCUT2D eigenvalue weighted by Gasteiger charge is -1.98. The average Bonchev–Trinajstić information content (AvgIpc) is 2.67. The zero-order chi connectivity index (χ0) is 18.4. The first-order valence-corrected chi connectivity index (χ1v) is 6.73. The number of hydrogen-bond donors (Lipinski definition) is 0. The van der Waals surface area contributed by atoms with E-state index < -0.39 is 11.9 Å². The van der Waals surface area contributed by atoms with Gasteiger partial charge >= 0.3 is 11.9 Å². The molecule has 2 rings (SSSR count). The zero-order valence-corrected chi connectivity index (χ0v) is 13.6. The molecule has 0 bridgehead atoms. The first-order chi connectivity index (χ1) is 11.5. The lowest BCUT2D eigenvalue weighted by Crippen LogP contribution is -1.92. The van der Waals surface area contributed by atoms with E-state index in [1.54, 1.807) is 5.92 Å². The van der Waals surface area contributed by atoms with Crippen molar-refractivity contribution in [1.29, 1.82) is 0 Å². The first kappa shape index (κ1) is 20.5. The SMILES string of the molecule is C#CC(=O)OC.C#Cc1cccc2ccccc12.C=CC(=O)OC. The second-order valence-electron chi connectivity index (χ2n) is 4.03. The Morgan fingerprint density at radius 1 is 1.04 bits per heavy atom. The summed E-state index contributed by atoms with van der Waals surface area (Å²) in [6.07, 6.45) is 11.0. The third-order valence-electron chi connectivity index (χ3n) is 2.62. The lowest BCUT2D eigenvalue weighted by molar-refractivity contribution is -0.135. The van der Waals surface area contributed by atoms with Crippen molar-refractivity contribution < 1.29 is 19.1 Å². The molecule has 0 heterocycles. The Balaban J connectivity index is 0.000000377. The molecule has 24 heavy (non-hydrogen) atoms. The Bertz CT molecular complexity index is 771. The summed E-state index contributed by atoms with van der Waals surface area (Å²) in [6, 6.07) is 14.1. The van der Waals surface area contributed by atoms with Gasteiger partial charge in [-0.05, 0) is 16.8 Å². The number of ether oxygens (including phenoxy) is 2. The number of terminal acetylenes is 2. The fraction of sp³-hybridized carbons (Fsp3) is 0.100. The molecule has 0 N–H and O–H groups in total. The van der Waals surface area contributed by atoms with Crippen LogP contribution in [0.15, 0.2) is 55.1 Å². The first-order valence-electron chi connectivity index (χ1n) is 6.73. The molecule has 0 aliphatic rings. The van der Waals surface area contributed by atoms with Crippen LogP contribution in [0.5, 0.6) is 0 Å². The number of fused-ring (bicyclic) bond motifs is 1. The van der Waals surface area contributed by atoms with Crippen LogP contribution in [-0.2, 0) is 19.1 Å². The van der Waals surface area contributed by atoms with Gasteiger partial charge in [0.1, 0.15) is 0 Å². The maximum atomic E-state index is 9.84. The van der Waals surface area contributed by atoms with E-state index in [9.17, 15) is 9.59 Å². The van der Waals surface area contributed by atoms with Gasteiger partial charge in [-0.2, -0.15) is 0 Å². The molecule has 2 aromatic carbocycles. The van der Waals surface area contributed by atoms with E-state index in [1.807, 2.05) is 30.3 Å². The second kappa shape index (κ2) is 12.1. The van der Waals surface area contributed by atoms with E-state index in [2.05, 4.69) is 40.5 Å². The van der Waals surface area contributed by atoms with E-state index in [-0.39, 0.29) is 0 Å². The van der Waals surface area contributed by atoms with E-state index in [4.69, 9.17) is 6.42 Å². The van der Waals surface area contributed by atoms with Gasteiger partial charge in [-0.3, -0.25) is 0 Å². The molecule has 0 aromatic heterocycles. The van der Waals surface area contributed by atoms with Gasteiger partial charge in [-0.15, -0.1) is 12.8 Å². The van der Waals surface area contributed by atoms with Crippen molar-refractivity contribution in [2.24, 2.45) is 0 Å². The molecule has 4 heteroatoms. The van der Waals surface area contributed by atoms with Crippen LogP contribution in [-0.4, -0.2) is 26.2 Å². The largest absolute Gasteiger partial charge is 0.466 e. The summed E-state index contributed by atoms with van der Waals surface area (Å²) >= 11 is 0. The Kier molecular flexibility index (Phi) is 10.3. The van der Waals surface area contributed by atoms with Gasteiger partial charge in [0.2, 0.25) is 0 Å². The third-order valence-corrected chi connectivity index (χ3v) is 2.62. The van der Waals surface area contributed by atoms with Crippen LogP contribution in [0.1, 0.15) is 5.56 Å². The molecule has 0 aliphatic carbocycles. The van der Waals surface area contributed by atoms with Crippen LogP contribution in [0.25, 0.3) is 10.8 Å². The standard InChI is InChI=1S/C12H8.C4H6O2.C4H4O2/c1-2-10-7-5-8-11-6-3-4-9-12(10)11;2*1-3-4(5)6-2/h1,3-9H;3H,1H2,2H3;1H,2H3. The van der Waals surface area contributed by atoms with Crippen molar-refractivity contribution in [3.05, 3.63) is 60.7 Å². The van der Waals surface area contributed by atoms with Crippen LogP contribution >= 0.6 is 0 Å². The monoisotopic (exact) mass is 322 g/mol. The normalized spacial score (nSPS) is 8.00. The number of carbonyl (C=O) groups excluding carboxylic acids is 2. The van der Waals surface area contributed by atoms with Crippen molar-refractivity contribution in [1.82, 2.24) is 0 Å². The summed E-state index contributed by atoms with van der Waals surface area (Å²) in [5.41, 5.74) is 0.966. The van der Waals surface area contributed by atoms with Crippen molar-refractivity contribution in [3.63, 3.8) is 0 Å². The summed E-state index contributed by atoms with van der Waals surface area (Å²) in [7, 11) is 2.55. The van der Waals surface area contributed by atoms with Gasteiger partial charge < -0.3 is 9.47 Å². The Morgan fingerprint density at radius 2 is 1.67 bits per heavy atom. The maximum Gasteiger partial charge on any atom is 0.383 e. The van der Waals surface area contributed by atoms with E-state index in [0.29, 0.717) is 0 Å². The number of rotatable bonds is 1. The van der Waals surface area contributed by atoms with Crippen LogP contribution in [0.3, 0.4) is 0 Å². The van der Waals surface area contributed by atoms with Crippen LogP contribution < -0.4 is 0 Å². The van der Waals surface area contributed by atoms with Gasteiger partial charge in [0, 0.05) is 17.6 Å². The topological polar surface area (TPSA) is 52.6 Å². The third kappa shape index (κ3) is 7.49. The molecular formula is C20H18O4. The minimum atomic E-state index is -0.630. The Labute approximate surface area is 142 Å². The molecular weight excluding hydrogens is 304 g/mol. The van der Waals surface area contributed by atoms with Crippen LogP contribution in [0, 0.1) is 24.7 Å². The molecule has 4 nitrogen and oxygen atoms in total. The molecule has 0 saturated heterocycles. The molecule has 0 fully saturated rings. The van der Waals surface area contributed by atoms with Crippen molar-refractivity contribution >= 4 is 22.7 Å². The number of benzene rings is 2. The lowest BCUT2D eigenvalue weighted by atomic mass is 10.1. The molecule has 2 aromatic rings. The van der Waals surface area contributed by atoms with E-state index in [0.717, 1.165) is 17.0 Å². The number of carbonyl (C=O) groups is 2. The number of methoxy groups -OCH3 is 2. The average molecular weight is 322 g/mol. The van der Waals surface area contributed by atoms with Crippen molar-refractivity contribution in [2.75, 3.05) is 14.2 Å². The Hall–Kier alpha value is -3.50. The zero-order valence-electron chi connectivity index (χ0n) is 13.6. The highest BCUT2D eigenvalue weighted by Gasteiger charge is 1.94. The Morgan fingerprint density at radius 3 is 2.08 bits per heavy atom. The number of hydrogen-bond acceptors (Lipinski definition) is 4. The van der Waals surface area contributed by atoms with Crippen LogP contribution in [0.2, 0.25) is 0 Å². The highest BCUT2D eigenvalue weighted by molar-refractivity contribution is 5.88. The molecule has 0 saturated carbocycles. The smallest absolute Gasteiger partial charge is 0.383 e. The molecule has 0 atom stereocenters. The summed E-state index contributed by atoms with van der Waals surface area (Å²) in [5, 5.41) is 2.36. The van der Waals surface area contributed by atoms with Gasteiger partial charge in [0.15, 0.2) is 0 Å². The minimum absolute atomic E-state index is 0.394. The molecule has 0 unspecified atom stereocenters. The maximum absolute atomic E-state index is 9.84. The van der Waals surface area contributed by atoms with Gasteiger partial charge in [0.25, 0.3) is 0 Å². The molecule has 0 amide bonds. The summed E-state index contributed by atoms with van der Waals surface area (Å²) in [6.45, 7) is 3.16. The fourth-order valence-electron chi connectivity index (χ4n) is 1.49. The van der Waals surface area contributed by atoms with E-state index >= 15 is 0 Å². The molecule has 0 spiro atoms. The molecule has 122 valence electrons. The predicted octanol–water partition coefficient (Wildman–Crippen LogP) is 2.96. The van der Waals surface area contributed by atoms with Crippen LogP contribution in [0.4, 0.5) is 0 Å². The number of esters is 2. The summed E-state index contributed by atoms with van der Waals surface area (Å²) in [4.78, 5) is 19.6. The molecule has 0 aliphatic heterocycles. The van der Waals surface area contributed by atoms with Crippen molar-refractivity contribution in [3.8, 4) is 24.7 Å².